The molecule has 2 amide bonds. The van der Waals surface area contributed by atoms with E-state index in [9.17, 15) is 18.0 Å². The van der Waals surface area contributed by atoms with Crippen molar-refractivity contribution in [2.45, 2.75) is 43.3 Å². The first-order valence-electron chi connectivity index (χ1n) is 7.12. The maximum atomic E-state index is 12.3. The van der Waals surface area contributed by atoms with Crippen LogP contribution in [-0.4, -0.2) is 55.8 Å². The Labute approximate surface area is 119 Å². The highest BCUT2D eigenvalue weighted by molar-refractivity contribution is 7.92. The van der Waals surface area contributed by atoms with E-state index in [0.717, 1.165) is 45.0 Å². The van der Waals surface area contributed by atoms with E-state index in [4.69, 9.17) is 0 Å². The lowest BCUT2D eigenvalue weighted by Crippen LogP contribution is -2.52. The highest BCUT2D eigenvalue weighted by atomic mass is 32.2. The largest absolute Gasteiger partial charge is 0.346 e. The van der Waals surface area contributed by atoms with Gasteiger partial charge in [0, 0.05) is 19.3 Å². The average Bonchev–Trinajstić information content (AvgIpc) is 3.04. The summed E-state index contributed by atoms with van der Waals surface area (Å²) in [4.78, 5) is 25.9. The van der Waals surface area contributed by atoms with Crippen molar-refractivity contribution in [3.63, 3.8) is 0 Å². The number of carbonyl (C=O) groups excluding carboxylic acids is 2. The van der Waals surface area contributed by atoms with E-state index < -0.39 is 20.5 Å². The van der Waals surface area contributed by atoms with E-state index in [1.54, 1.807) is 4.90 Å². The van der Waals surface area contributed by atoms with Gasteiger partial charge in [-0.3, -0.25) is 9.59 Å². The van der Waals surface area contributed by atoms with Gasteiger partial charge in [-0.15, -0.1) is 0 Å². The minimum Gasteiger partial charge on any atom is -0.346 e. The highest BCUT2D eigenvalue weighted by Gasteiger charge is 2.49. The standard InChI is InChI=1S/C13H22N2O4S/c1-20(18,19)13(6-2-3-7-13)12(17)14-10-11(16)15-8-4-5-9-15/h2-10H2,1H3,(H,14,17). The molecule has 2 rings (SSSR count). The molecule has 7 heteroatoms. The Kier molecular flexibility index (Phi) is 4.36. The first kappa shape index (κ1) is 15.3. The lowest BCUT2D eigenvalue weighted by Gasteiger charge is -2.26. The van der Waals surface area contributed by atoms with Gasteiger partial charge in [0.1, 0.15) is 4.75 Å². The van der Waals surface area contributed by atoms with Gasteiger partial charge in [0.15, 0.2) is 9.84 Å². The van der Waals surface area contributed by atoms with Crippen molar-refractivity contribution in [2.75, 3.05) is 25.9 Å². The summed E-state index contributed by atoms with van der Waals surface area (Å²) in [6.07, 6.45) is 5.28. The third-order valence-electron chi connectivity index (χ3n) is 4.39. The second kappa shape index (κ2) is 5.71. The van der Waals surface area contributed by atoms with Crippen LogP contribution in [0.25, 0.3) is 0 Å². The Hall–Kier alpha value is -1.11. The van der Waals surface area contributed by atoms with Gasteiger partial charge >= 0.3 is 0 Å². The molecular formula is C13H22N2O4S. The molecule has 0 unspecified atom stereocenters. The molecular weight excluding hydrogens is 280 g/mol. The predicted molar refractivity (Wildman–Crippen MR) is 74.9 cm³/mol. The Morgan fingerprint density at radius 2 is 1.65 bits per heavy atom. The number of likely N-dealkylation sites (tertiary alicyclic amines) is 1. The number of rotatable bonds is 4. The Morgan fingerprint density at radius 3 is 2.15 bits per heavy atom. The molecule has 0 aromatic carbocycles. The van der Waals surface area contributed by atoms with Crippen LogP contribution in [0.1, 0.15) is 38.5 Å². The molecule has 0 bridgehead atoms. The van der Waals surface area contributed by atoms with E-state index in [2.05, 4.69) is 5.32 Å². The van der Waals surface area contributed by atoms with E-state index in [0.29, 0.717) is 12.8 Å². The fourth-order valence-electron chi connectivity index (χ4n) is 3.11. The summed E-state index contributed by atoms with van der Waals surface area (Å²) in [5.74, 6) is -0.637. The van der Waals surface area contributed by atoms with Crippen LogP contribution in [0.15, 0.2) is 0 Å². The van der Waals surface area contributed by atoms with Gasteiger partial charge in [0.05, 0.1) is 6.54 Å². The Balaban J connectivity index is 1.98. The molecule has 6 nitrogen and oxygen atoms in total. The highest BCUT2D eigenvalue weighted by Crippen LogP contribution is 2.36. The van der Waals surface area contributed by atoms with Crippen LogP contribution in [0.5, 0.6) is 0 Å². The molecule has 1 aliphatic heterocycles. The lowest BCUT2D eigenvalue weighted by atomic mass is 10.1. The summed E-state index contributed by atoms with van der Waals surface area (Å²) in [5.41, 5.74) is 0. The van der Waals surface area contributed by atoms with E-state index in [-0.39, 0.29) is 12.5 Å². The van der Waals surface area contributed by atoms with Crippen molar-refractivity contribution in [2.24, 2.45) is 0 Å². The summed E-state index contributed by atoms with van der Waals surface area (Å²) in [7, 11) is -3.47. The summed E-state index contributed by atoms with van der Waals surface area (Å²) in [6, 6.07) is 0. The molecule has 2 aliphatic rings. The molecule has 1 saturated heterocycles. The van der Waals surface area contributed by atoms with Gasteiger partial charge in [0.2, 0.25) is 11.8 Å². The second-order valence-corrected chi connectivity index (χ2v) is 8.07. The number of carbonyl (C=O) groups is 2. The third-order valence-corrected chi connectivity index (χ3v) is 6.41. The van der Waals surface area contributed by atoms with Crippen molar-refractivity contribution >= 4 is 21.7 Å². The fourth-order valence-corrected chi connectivity index (χ4v) is 4.55. The zero-order valence-corrected chi connectivity index (χ0v) is 12.7. The van der Waals surface area contributed by atoms with Gasteiger partial charge in [-0.1, -0.05) is 12.8 Å². The van der Waals surface area contributed by atoms with E-state index in [1.807, 2.05) is 0 Å². The van der Waals surface area contributed by atoms with Crippen molar-refractivity contribution in [1.82, 2.24) is 10.2 Å². The summed E-state index contributed by atoms with van der Waals surface area (Å²) in [6.45, 7) is 1.36. The molecule has 1 saturated carbocycles. The number of hydrogen-bond acceptors (Lipinski definition) is 4. The predicted octanol–water partition coefficient (Wildman–Crippen LogP) is 0.0824. The maximum absolute atomic E-state index is 12.3. The summed E-state index contributed by atoms with van der Waals surface area (Å²) < 4.78 is 22.6. The number of amides is 2. The fraction of sp³-hybridized carbons (Fsp3) is 0.846. The molecule has 20 heavy (non-hydrogen) atoms. The molecule has 1 N–H and O–H groups in total. The van der Waals surface area contributed by atoms with Gasteiger partial charge in [-0.25, -0.2) is 8.42 Å². The van der Waals surface area contributed by atoms with Crippen molar-refractivity contribution in [3.05, 3.63) is 0 Å². The quantitative estimate of drug-likeness (QED) is 0.797. The van der Waals surface area contributed by atoms with E-state index in [1.165, 1.54) is 0 Å². The van der Waals surface area contributed by atoms with Gasteiger partial charge < -0.3 is 10.2 Å². The zero-order chi connectivity index (χ0) is 14.8. The molecule has 1 heterocycles. The Bertz CT molecular complexity index is 489. The molecule has 2 fully saturated rings. The smallest absolute Gasteiger partial charge is 0.241 e. The molecule has 0 aromatic rings. The van der Waals surface area contributed by atoms with Crippen LogP contribution < -0.4 is 5.32 Å². The Morgan fingerprint density at radius 1 is 1.10 bits per heavy atom. The van der Waals surface area contributed by atoms with Crippen molar-refractivity contribution < 1.29 is 18.0 Å². The lowest BCUT2D eigenvalue weighted by molar-refractivity contribution is -0.132. The first-order valence-corrected chi connectivity index (χ1v) is 9.02. The van der Waals surface area contributed by atoms with Crippen LogP contribution in [-0.2, 0) is 19.4 Å². The first-order chi connectivity index (χ1) is 9.37. The topological polar surface area (TPSA) is 83.5 Å². The SMILES string of the molecule is CS(=O)(=O)C1(C(=O)NCC(=O)N2CCCC2)CCCC1. The number of nitrogens with zero attached hydrogens (tertiary/aromatic N) is 1. The zero-order valence-electron chi connectivity index (χ0n) is 11.9. The van der Waals surface area contributed by atoms with Crippen molar-refractivity contribution in [1.29, 1.82) is 0 Å². The monoisotopic (exact) mass is 302 g/mol. The minimum absolute atomic E-state index is 0.101. The van der Waals surface area contributed by atoms with Crippen LogP contribution in [0.2, 0.25) is 0 Å². The van der Waals surface area contributed by atoms with Gasteiger partial charge in [0.25, 0.3) is 0 Å². The number of hydrogen-bond donors (Lipinski definition) is 1. The molecule has 0 atom stereocenters. The van der Waals surface area contributed by atoms with Crippen molar-refractivity contribution in [3.8, 4) is 0 Å². The summed E-state index contributed by atoms with van der Waals surface area (Å²) in [5, 5.41) is 2.54. The third kappa shape index (κ3) is 2.82. The van der Waals surface area contributed by atoms with Crippen LogP contribution in [0.3, 0.4) is 0 Å². The van der Waals surface area contributed by atoms with E-state index >= 15 is 0 Å². The maximum Gasteiger partial charge on any atom is 0.241 e. The molecule has 0 aromatic heterocycles. The molecule has 0 radical (unpaired) electrons. The molecule has 0 spiro atoms. The number of sulfone groups is 1. The molecule has 1 aliphatic carbocycles. The second-order valence-electron chi connectivity index (χ2n) is 5.74. The minimum atomic E-state index is -3.47. The molecule has 114 valence electrons. The van der Waals surface area contributed by atoms with Crippen LogP contribution in [0.4, 0.5) is 0 Å². The average molecular weight is 302 g/mol. The van der Waals surface area contributed by atoms with Crippen LogP contribution >= 0.6 is 0 Å². The normalized spacial score (nSPS) is 21.9. The summed E-state index contributed by atoms with van der Waals surface area (Å²) >= 11 is 0. The van der Waals surface area contributed by atoms with Gasteiger partial charge in [-0.2, -0.15) is 0 Å². The van der Waals surface area contributed by atoms with Gasteiger partial charge in [-0.05, 0) is 25.7 Å². The van der Waals surface area contributed by atoms with Crippen LogP contribution in [0, 0.1) is 0 Å². The number of nitrogens with one attached hydrogen (secondary N) is 1.